The zero-order valence-electron chi connectivity index (χ0n) is 13.9. The monoisotopic (exact) mass is 357 g/mol. The number of carboxylic acid groups (broad SMARTS) is 1. The second-order valence-corrected chi connectivity index (χ2v) is 5.82. The van der Waals surface area contributed by atoms with Gasteiger partial charge in [0.1, 0.15) is 6.04 Å². The highest BCUT2D eigenvalue weighted by atomic mass is 16.6. The van der Waals surface area contributed by atoms with E-state index < -0.39 is 28.9 Å². The summed E-state index contributed by atoms with van der Waals surface area (Å²) < 4.78 is 0. The summed E-state index contributed by atoms with van der Waals surface area (Å²) in [6.45, 7) is 0. The first-order valence-corrected chi connectivity index (χ1v) is 7.93. The maximum absolute atomic E-state index is 12.2. The molecule has 0 radical (unpaired) electrons. The zero-order valence-corrected chi connectivity index (χ0v) is 13.9. The van der Waals surface area contributed by atoms with Gasteiger partial charge in [0, 0.05) is 18.6 Å². The van der Waals surface area contributed by atoms with Crippen molar-refractivity contribution in [2.24, 2.45) is 5.73 Å². The van der Waals surface area contributed by atoms with E-state index in [0.29, 0.717) is 5.56 Å². The van der Waals surface area contributed by atoms with Gasteiger partial charge in [-0.15, -0.1) is 0 Å². The van der Waals surface area contributed by atoms with Crippen LogP contribution in [0, 0.1) is 10.1 Å². The lowest BCUT2D eigenvalue weighted by molar-refractivity contribution is -0.384. The Hall–Kier alpha value is -3.26. The molecule has 0 aliphatic rings. The van der Waals surface area contributed by atoms with E-state index in [2.05, 4.69) is 5.32 Å². The summed E-state index contributed by atoms with van der Waals surface area (Å²) in [7, 11) is 0. The molecule has 0 saturated heterocycles. The Labute approximate surface area is 149 Å². The molecule has 2 rings (SSSR count). The van der Waals surface area contributed by atoms with E-state index in [9.17, 15) is 24.8 Å². The summed E-state index contributed by atoms with van der Waals surface area (Å²) in [6, 6.07) is 12.6. The van der Waals surface area contributed by atoms with Crippen LogP contribution in [0.25, 0.3) is 0 Å². The molecule has 2 aromatic carbocycles. The van der Waals surface area contributed by atoms with Crippen LogP contribution in [0.1, 0.15) is 11.1 Å². The lowest BCUT2D eigenvalue weighted by atomic mass is 10.0. The molecule has 0 spiro atoms. The second-order valence-electron chi connectivity index (χ2n) is 5.82. The van der Waals surface area contributed by atoms with Crippen molar-refractivity contribution in [3.63, 3.8) is 0 Å². The SMILES string of the molecule is N[C@H](Cc1ccccc1)C(=O)N[C@@H](Cc1ccc([N+](=O)[O-])cc1)C(=O)O. The molecule has 2 atom stereocenters. The van der Waals surface area contributed by atoms with Gasteiger partial charge < -0.3 is 16.2 Å². The number of rotatable bonds is 8. The molecule has 0 unspecified atom stereocenters. The molecule has 0 heterocycles. The summed E-state index contributed by atoms with van der Waals surface area (Å²) >= 11 is 0. The molecule has 4 N–H and O–H groups in total. The third-order valence-corrected chi connectivity index (χ3v) is 3.84. The normalized spacial score (nSPS) is 12.8. The number of nitrogens with two attached hydrogens (primary N) is 1. The van der Waals surface area contributed by atoms with Crippen molar-refractivity contribution < 1.29 is 19.6 Å². The van der Waals surface area contributed by atoms with Crippen LogP contribution in [-0.4, -0.2) is 34.0 Å². The molecule has 1 amide bonds. The van der Waals surface area contributed by atoms with Gasteiger partial charge >= 0.3 is 5.97 Å². The Morgan fingerprint density at radius 1 is 1.04 bits per heavy atom. The molecular formula is C18H19N3O5. The molecule has 2 aromatic rings. The van der Waals surface area contributed by atoms with Crippen LogP contribution in [-0.2, 0) is 22.4 Å². The van der Waals surface area contributed by atoms with E-state index >= 15 is 0 Å². The number of amides is 1. The topological polar surface area (TPSA) is 136 Å². The highest BCUT2D eigenvalue weighted by Crippen LogP contribution is 2.13. The standard InChI is InChI=1S/C18H19N3O5/c19-15(10-12-4-2-1-3-5-12)17(22)20-16(18(23)24)11-13-6-8-14(9-7-13)21(25)26/h1-9,15-16H,10-11,19H2,(H,20,22)(H,23,24)/t15-,16+/m1/s1. The number of nitrogens with one attached hydrogen (secondary N) is 1. The lowest BCUT2D eigenvalue weighted by Crippen LogP contribution is -2.50. The van der Waals surface area contributed by atoms with Gasteiger partial charge in [0.05, 0.1) is 11.0 Å². The van der Waals surface area contributed by atoms with Gasteiger partial charge in [0.25, 0.3) is 5.69 Å². The highest BCUT2D eigenvalue weighted by Gasteiger charge is 2.24. The Kier molecular flexibility index (Phi) is 6.40. The Balaban J connectivity index is 1.99. The average molecular weight is 357 g/mol. The molecular weight excluding hydrogens is 338 g/mol. The summed E-state index contributed by atoms with van der Waals surface area (Å²) in [5.74, 6) is -1.77. The number of nitrogens with zero attached hydrogens (tertiary/aromatic N) is 1. The molecule has 0 bridgehead atoms. The van der Waals surface area contributed by atoms with Crippen LogP contribution >= 0.6 is 0 Å². The summed E-state index contributed by atoms with van der Waals surface area (Å²) in [5.41, 5.74) is 7.20. The molecule has 0 aliphatic carbocycles. The Morgan fingerprint density at radius 2 is 1.62 bits per heavy atom. The number of carboxylic acids is 1. The van der Waals surface area contributed by atoms with E-state index in [1.165, 1.54) is 24.3 Å². The van der Waals surface area contributed by atoms with Crippen LogP contribution in [0.2, 0.25) is 0 Å². The molecule has 0 aliphatic heterocycles. The Morgan fingerprint density at radius 3 is 2.15 bits per heavy atom. The maximum Gasteiger partial charge on any atom is 0.326 e. The fraction of sp³-hybridized carbons (Fsp3) is 0.222. The van der Waals surface area contributed by atoms with Crippen molar-refractivity contribution in [2.75, 3.05) is 0 Å². The summed E-state index contributed by atoms with van der Waals surface area (Å²) in [6.07, 6.45) is 0.285. The number of aliphatic carboxylic acids is 1. The van der Waals surface area contributed by atoms with Crippen LogP contribution < -0.4 is 11.1 Å². The quantitative estimate of drug-likeness (QED) is 0.481. The molecule has 26 heavy (non-hydrogen) atoms. The largest absolute Gasteiger partial charge is 0.480 e. The number of carbonyl (C=O) groups excluding carboxylic acids is 1. The molecule has 8 heteroatoms. The first kappa shape index (κ1) is 19.1. The van der Waals surface area contributed by atoms with Gasteiger partial charge in [-0.05, 0) is 17.5 Å². The predicted molar refractivity (Wildman–Crippen MR) is 94.5 cm³/mol. The molecule has 0 saturated carbocycles. The first-order chi connectivity index (χ1) is 12.4. The van der Waals surface area contributed by atoms with E-state index in [-0.39, 0.29) is 18.5 Å². The van der Waals surface area contributed by atoms with Crippen molar-refractivity contribution in [2.45, 2.75) is 24.9 Å². The third-order valence-electron chi connectivity index (χ3n) is 3.84. The van der Waals surface area contributed by atoms with E-state index in [4.69, 9.17) is 5.73 Å². The van der Waals surface area contributed by atoms with Gasteiger partial charge in [-0.1, -0.05) is 42.5 Å². The van der Waals surface area contributed by atoms with Gasteiger partial charge in [0.15, 0.2) is 0 Å². The second kappa shape index (κ2) is 8.72. The smallest absolute Gasteiger partial charge is 0.326 e. The predicted octanol–water partition coefficient (Wildman–Crippen LogP) is 1.28. The van der Waals surface area contributed by atoms with E-state index in [1.54, 1.807) is 0 Å². The lowest BCUT2D eigenvalue weighted by Gasteiger charge is -2.18. The van der Waals surface area contributed by atoms with Gasteiger partial charge in [-0.25, -0.2) is 4.79 Å². The third kappa shape index (κ3) is 5.38. The molecule has 136 valence electrons. The summed E-state index contributed by atoms with van der Waals surface area (Å²) in [4.78, 5) is 33.8. The van der Waals surface area contributed by atoms with Crippen molar-refractivity contribution in [3.05, 3.63) is 75.8 Å². The van der Waals surface area contributed by atoms with Crippen molar-refractivity contribution in [3.8, 4) is 0 Å². The van der Waals surface area contributed by atoms with Crippen LogP contribution in [0.3, 0.4) is 0 Å². The number of benzene rings is 2. The number of hydrogen-bond donors (Lipinski definition) is 3. The highest BCUT2D eigenvalue weighted by molar-refractivity contribution is 5.87. The number of nitro groups is 1. The van der Waals surface area contributed by atoms with Crippen molar-refractivity contribution in [1.82, 2.24) is 5.32 Å². The van der Waals surface area contributed by atoms with E-state index in [1.807, 2.05) is 30.3 Å². The van der Waals surface area contributed by atoms with Crippen LogP contribution in [0.15, 0.2) is 54.6 Å². The minimum absolute atomic E-state index is 0.00285. The van der Waals surface area contributed by atoms with Gasteiger partial charge in [-0.3, -0.25) is 14.9 Å². The number of carbonyl (C=O) groups is 2. The van der Waals surface area contributed by atoms with Crippen LogP contribution in [0.5, 0.6) is 0 Å². The average Bonchev–Trinajstić information content (AvgIpc) is 2.62. The molecule has 0 fully saturated rings. The van der Waals surface area contributed by atoms with Crippen molar-refractivity contribution >= 4 is 17.6 Å². The fourth-order valence-corrected chi connectivity index (χ4v) is 2.43. The fourth-order valence-electron chi connectivity index (χ4n) is 2.43. The first-order valence-electron chi connectivity index (χ1n) is 7.93. The van der Waals surface area contributed by atoms with Crippen LogP contribution in [0.4, 0.5) is 5.69 Å². The van der Waals surface area contributed by atoms with Crippen molar-refractivity contribution in [1.29, 1.82) is 0 Å². The minimum Gasteiger partial charge on any atom is -0.480 e. The minimum atomic E-state index is -1.20. The van der Waals surface area contributed by atoms with Gasteiger partial charge in [0.2, 0.25) is 5.91 Å². The van der Waals surface area contributed by atoms with E-state index in [0.717, 1.165) is 5.56 Å². The molecule has 8 nitrogen and oxygen atoms in total. The number of non-ortho nitro benzene ring substituents is 1. The molecule has 0 aromatic heterocycles. The van der Waals surface area contributed by atoms with Gasteiger partial charge in [-0.2, -0.15) is 0 Å². The maximum atomic E-state index is 12.2. The number of hydrogen-bond acceptors (Lipinski definition) is 5. The zero-order chi connectivity index (χ0) is 19.1. The Bertz CT molecular complexity index is 777. The number of nitro benzene ring substituents is 1. The summed E-state index contributed by atoms with van der Waals surface area (Å²) in [5, 5.41) is 22.4.